The van der Waals surface area contributed by atoms with Crippen molar-refractivity contribution in [2.75, 3.05) is 9.62 Å². The van der Waals surface area contributed by atoms with E-state index in [1.807, 2.05) is 0 Å². The minimum Gasteiger partial charge on any atom is -0.295 e. The summed E-state index contributed by atoms with van der Waals surface area (Å²) in [5, 5.41) is 8.17. The Kier molecular flexibility index (Phi) is 5.84. The monoisotopic (exact) mass is 497 g/mol. The number of hydrogen-bond acceptors (Lipinski definition) is 6. The lowest BCUT2D eigenvalue weighted by Crippen LogP contribution is -2.16. The van der Waals surface area contributed by atoms with E-state index in [-0.39, 0.29) is 16.4 Å². The molecule has 0 amide bonds. The number of sulfonamides is 1. The van der Waals surface area contributed by atoms with E-state index in [1.165, 1.54) is 42.4 Å². The van der Waals surface area contributed by atoms with Crippen LogP contribution in [0.2, 0.25) is 0 Å². The van der Waals surface area contributed by atoms with Crippen LogP contribution in [0.15, 0.2) is 65.1 Å². The fraction of sp³-hybridized carbons (Fsp3) is 0.100. The van der Waals surface area contributed by atoms with Crippen LogP contribution in [-0.2, 0) is 16.2 Å². The molecule has 33 heavy (non-hydrogen) atoms. The van der Waals surface area contributed by atoms with Gasteiger partial charge in [-0.3, -0.25) is 14.7 Å². The van der Waals surface area contributed by atoms with Crippen molar-refractivity contribution < 1.29 is 26.0 Å². The molecule has 4 aromatic rings. The number of aromatic nitrogens is 3. The number of rotatable bonds is 6. The normalized spacial score (nSPS) is 12.0. The van der Waals surface area contributed by atoms with Crippen LogP contribution < -0.4 is 9.62 Å². The van der Waals surface area contributed by atoms with E-state index in [1.54, 1.807) is 11.4 Å². The van der Waals surface area contributed by atoms with Gasteiger partial charge < -0.3 is 0 Å². The van der Waals surface area contributed by atoms with Gasteiger partial charge in [-0.15, -0.1) is 11.3 Å². The van der Waals surface area contributed by atoms with Crippen molar-refractivity contribution in [3.05, 3.63) is 77.2 Å². The number of anilines is 4. The molecular weight excluding hydrogens is 482 g/mol. The lowest BCUT2D eigenvalue weighted by atomic mass is 10.1. The molecule has 0 atom stereocenters. The van der Waals surface area contributed by atoms with Crippen LogP contribution in [-0.4, -0.2) is 23.6 Å². The van der Waals surface area contributed by atoms with Crippen LogP contribution in [0.3, 0.4) is 0 Å². The van der Waals surface area contributed by atoms with Crippen LogP contribution >= 0.6 is 11.3 Å². The van der Waals surface area contributed by atoms with Crippen LogP contribution in [0, 0.1) is 12.7 Å². The number of hydrogen-bond donors (Lipinski definition) is 2. The molecule has 2 N–H and O–H groups in total. The van der Waals surface area contributed by atoms with E-state index in [0.717, 1.165) is 29.5 Å². The summed E-state index contributed by atoms with van der Waals surface area (Å²) in [4.78, 5) is 4.64. The van der Waals surface area contributed by atoms with Crippen LogP contribution in [0.4, 0.5) is 39.9 Å². The van der Waals surface area contributed by atoms with Crippen LogP contribution in [0.25, 0.3) is 0 Å². The highest BCUT2D eigenvalue weighted by Crippen LogP contribution is 2.38. The number of aromatic amines is 1. The Hall–Kier alpha value is -3.45. The predicted octanol–water partition coefficient (Wildman–Crippen LogP) is 5.60. The zero-order chi connectivity index (χ0) is 23.8. The van der Waals surface area contributed by atoms with Crippen molar-refractivity contribution in [3.8, 4) is 0 Å². The smallest absolute Gasteiger partial charge is 0.295 e. The van der Waals surface area contributed by atoms with Crippen molar-refractivity contribution in [3.63, 3.8) is 0 Å². The number of alkyl halides is 3. The quantitative estimate of drug-likeness (QED) is 0.338. The third kappa shape index (κ3) is 4.68. The molecule has 0 aliphatic carbocycles. The van der Waals surface area contributed by atoms with E-state index in [9.17, 15) is 26.0 Å². The standard InChI is InChI=1S/C20H15F4N5O2S2/c1-12-10-13(2-4-15(12)20(22,23)24)29(18-6-7-26-27-18)14-3-5-17(16(21)11-14)33(30,31)28-19-25-8-9-32-19/h2-11H,1H3,(H,25,28)(H,26,27). The maximum Gasteiger partial charge on any atom is 0.416 e. The number of benzene rings is 2. The minimum absolute atomic E-state index is 0.0307. The second-order valence-corrected chi connectivity index (χ2v) is 9.38. The van der Waals surface area contributed by atoms with E-state index in [2.05, 4.69) is 19.9 Å². The summed E-state index contributed by atoms with van der Waals surface area (Å²) < 4.78 is 81.8. The van der Waals surface area contributed by atoms with Gasteiger partial charge in [-0.2, -0.15) is 18.3 Å². The number of aryl methyl sites for hydroxylation is 1. The van der Waals surface area contributed by atoms with Crippen LogP contribution in [0.5, 0.6) is 0 Å². The Bertz CT molecular complexity index is 1370. The van der Waals surface area contributed by atoms with Crippen molar-refractivity contribution in [1.82, 2.24) is 15.2 Å². The number of H-pyrrole nitrogens is 1. The van der Waals surface area contributed by atoms with E-state index < -0.39 is 32.5 Å². The number of halogens is 4. The van der Waals surface area contributed by atoms with Crippen molar-refractivity contribution in [2.24, 2.45) is 0 Å². The average molecular weight is 497 g/mol. The highest BCUT2D eigenvalue weighted by atomic mass is 32.2. The molecule has 0 bridgehead atoms. The third-order valence-electron chi connectivity index (χ3n) is 4.62. The Morgan fingerprint density at radius 2 is 1.79 bits per heavy atom. The second kappa shape index (κ2) is 8.48. The maximum atomic E-state index is 15.0. The lowest BCUT2D eigenvalue weighted by molar-refractivity contribution is -0.138. The van der Waals surface area contributed by atoms with E-state index in [0.29, 0.717) is 11.5 Å². The molecule has 0 aliphatic rings. The first-order chi connectivity index (χ1) is 15.6. The van der Waals surface area contributed by atoms with Gasteiger partial charge >= 0.3 is 6.18 Å². The molecule has 2 aromatic carbocycles. The second-order valence-electron chi connectivity index (χ2n) is 6.83. The molecule has 2 aromatic heterocycles. The van der Waals surface area contributed by atoms with Crippen LogP contribution in [0.1, 0.15) is 11.1 Å². The zero-order valence-corrected chi connectivity index (χ0v) is 18.4. The molecule has 0 spiro atoms. The van der Waals surface area contributed by atoms with Gasteiger partial charge in [-0.1, -0.05) is 0 Å². The highest BCUT2D eigenvalue weighted by Gasteiger charge is 2.32. The lowest BCUT2D eigenvalue weighted by Gasteiger charge is -2.25. The fourth-order valence-corrected chi connectivity index (χ4v) is 5.05. The third-order valence-corrected chi connectivity index (χ3v) is 6.81. The maximum absolute atomic E-state index is 15.0. The molecule has 0 radical (unpaired) electrons. The summed E-state index contributed by atoms with van der Waals surface area (Å²) in [6.07, 6.45) is -1.70. The number of nitrogens with one attached hydrogen (secondary N) is 2. The van der Waals surface area contributed by atoms with Gasteiger partial charge in [0.2, 0.25) is 0 Å². The summed E-state index contributed by atoms with van der Waals surface area (Å²) in [7, 11) is -4.24. The number of thiazole rings is 1. The van der Waals surface area contributed by atoms with Gasteiger partial charge in [0.05, 0.1) is 17.4 Å². The van der Waals surface area contributed by atoms with Crippen molar-refractivity contribution in [2.45, 2.75) is 18.0 Å². The largest absolute Gasteiger partial charge is 0.416 e. The molecule has 0 unspecified atom stereocenters. The SMILES string of the molecule is Cc1cc(N(c2ccc(S(=O)(=O)Nc3nccs3)c(F)c2)c2ccn[nH]2)ccc1C(F)(F)F. The molecule has 4 rings (SSSR count). The minimum atomic E-state index is -4.52. The summed E-state index contributed by atoms with van der Waals surface area (Å²) >= 11 is 1.03. The Morgan fingerprint density at radius 1 is 1.06 bits per heavy atom. The summed E-state index contributed by atoms with van der Waals surface area (Å²) in [6, 6.07) is 8.40. The van der Waals surface area contributed by atoms with Crippen molar-refractivity contribution in [1.29, 1.82) is 0 Å². The Labute approximate surface area is 189 Å². The first kappa shape index (κ1) is 22.7. The molecule has 7 nitrogen and oxygen atoms in total. The molecule has 0 aliphatic heterocycles. The van der Waals surface area contributed by atoms with Gasteiger partial charge in [-0.05, 0) is 48.9 Å². The molecule has 13 heteroatoms. The zero-order valence-electron chi connectivity index (χ0n) is 16.8. The number of nitrogens with zero attached hydrogens (tertiary/aromatic N) is 3. The average Bonchev–Trinajstić information content (AvgIpc) is 3.41. The molecule has 0 saturated carbocycles. The molecule has 172 valence electrons. The topological polar surface area (TPSA) is 91.0 Å². The Morgan fingerprint density at radius 3 is 2.36 bits per heavy atom. The first-order valence-corrected chi connectivity index (χ1v) is 11.6. The first-order valence-electron chi connectivity index (χ1n) is 9.25. The van der Waals surface area contributed by atoms with E-state index >= 15 is 0 Å². The summed E-state index contributed by atoms with van der Waals surface area (Å²) in [5.74, 6) is -0.713. The van der Waals surface area contributed by atoms with Gasteiger partial charge in [-0.25, -0.2) is 17.8 Å². The predicted molar refractivity (Wildman–Crippen MR) is 116 cm³/mol. The molecule has 2 heterocycles. The van der Waals surface area contributed by atoms with Gasteiger partial charge in [0, 0.05) is 23.3 Å². The molecule has 0 fully saturated rings. The van der Waals surface area contributed by atoms with E-state index in [4.69, 9.17) is 0 Å². The highest BCUT2D eigenvalue weighted by molar-refractivity contribution is 7.93. The summed E-state index contributed by atoms with van der Waals surface area (Å²) in [6.45, 7) is 1.32. The van der Waals surface area contributed by atoms with Gasteiger partial charge in [0.25, 0.3) is 10.0 Å². The molecular formula is C20H15F4N5O2S2. The van der Waals surface area contributed by atoms with Gasteiger partial charge in [0.1, 0.15) is 16.5 Å². The molecule has 0 saturated heterocycles. The Balaban J connectivity index is 1.76. The summed E-state index contributed by atoms with van der Waals surface area (Å²) in [5.41, 5.74) is -0.363. The fourth-order valence-electron chi connectivity index (χ4n) is 3.20. The van der Waals surface area contributed by atoms with Crippen molar-refractivity contribution >= 4 is 43.7 Å². The van der Waals surface area contributed by atoms with Gasteiger partial charge in [0.15, 0.2) is 5.13 Å².